The third kappa shape index (κ3) is 5.36. The summed E-state index contributed by atoms with van der Waals surface area (Å²) in [6.07, 6.45) is 1.89. The maximum absolute atomic E-state index is 13.4. The van der Waals surface area contributed by atoms with Crippen LogP contribution in [0.25, 0.3) is 0 Å². The van der Waals surface area contributed by atoms with Gasteiger partial charge in [-0.15, -0.1) is 0 Å². The summed E-state index contributed by atoms with van der Waals surface area (Å²) in [6.45, 7) is 6.53. The fourth-order valence-corrected chi connectivity index (χ4v) is 4.87. The Labute approximate surface area is 172 Å². The Morgan fingerprint density at radius 2 is 1.72 bits per heavy atom. The Kier molecular flexibility index (Phi) is 6.59. The van der Waals surface area contributed by atoms with Crippen LogP contribution < -0.4 is 9.62 Å². The number of amides is 1. The van der Waals surface area contributed by atoms with Crippen molar-refractivity contribution in [1.29, 1.82) is 0 Å². The van der Waals surface area contributed by atoms with Crippen LogP contribution in [0.2, 0.25) is 0 Å². The van der Waals surface area contributed by atoms with E-state index in [1.807, 2.05) is 26.8 Å². The van der Waals surface area contributed by atoms with E-state index in [-0.39, 0.29) is 23.5 Å². The predicted molar refractivity (Wildman–Crippen MR) is 114 cm³/mol. The molecule has 156 valence electrons. The van der Waals surface area contributed by atoms with Gasteiger partial charge in [-0.1, -0.05) is 23.8 Å². The highest BCUT2D eigenvalue weighted by Crippen LogP contribution is 2.26. The first kappa shape index (κ1) is 21.3. The zero-order valence-electron chi connectivity index (χ0n) is 17.1. The summed E-state index contributed by atoms with van der Waals surface area (Å²) in [5.74, 6) is -0.352. The minimum absolute atomic E-state index is 0.00215. The van der Waals surface area contributed by atoms with Crippen molar-refractivity contribution in [3.63, 3.8) is 0 Å². The third-order valence-electron chi connectivity index (χ3n) is 4.94. The molecule has 1 aliphatic heterocycles. The molecule has 1 saturated heterocycles. The molecule has 0 aliphatic carbocycles. The first-order valence-electron chi connectivity index (χ1n) is 9.82. The average Bonchev–Trinajstić information content (AvgIpc) is 3.17. The molecule has 0 unspecified atom stereocenters. The van der Waals surface area contributed by atoms with Crippen molar-refractivity contribution in [3.05, 3.63) is 59.2 Å². The number of aryl methyl sites for hydroxylation is 3. The summed E-state index contributed by atoms with van der Waals surface area (Å²) >= 11 is 0. The SMILES string of the molecule is Cc1ccc(S(=O)(=O)N(CC(=O)NC[C@@H]2CCCO2)c2cc(C)cc(C)c2)cc1. The van der Waals surface area contributed by atoms with Crippen LogP contribution >= 0.6 is 0 Å². The molecule has 1 heterocycles. The molecule has 0 radical (unpaired) electrons. The maximum Gasteiger partial charge on any atom is 0.264 e. The second-order valence-corrected chi connectivity index (χ2v) is 9.47. The van der Waals surface area contributed by atoms with Crippen molar-refractivity contribution in [3.8, 4) is 0 Å². The molecule has 1 amide bonds. The van der Waals surface area contributed by atoms with Gasteiger partial charge in [0.15, 0.2) is 0 Å². The molecule has 2 aromatic carbocycles. The summed E-state index contributed by atoms with van der Waals surface area (Å²) in [6, 6.07) is 12.2. The van der Waals surface area contributed by atoms with Crippen molar-refractivity contribution in [2.45, 2.75) is 44.6 Å². The van der Waals surface area contributed by atoms with Crippen LogP contribution in [0.3, 0.4) is 0 Å². The quantitative estimate of drug-likeness (QED) is 0.753. The number of nitrogens with one attached hydrogen (secondary N) is 1. The molecule has 6 nitrogen and oxygen atoms in total. The van der Waals surface area contributed by atoms with Gasteiger partial charge < -0.3 is 10.1 Å². The molecule has 0 aromatic heterocycles. The normalized spacial score (nSPS) is 16.6. The van der Waals surface area contributed by atoms with Crippen molar-refractivity contribution in [1.82, 2.24) is 5.32 Å². The number of hydrogen-bond donors (Lipinski definition) is 1. The van der Waals surface area contributed by atoms with Crippen LogP contribution in [0.5, 0.6) is 0 Å². The maximum atomic E-state index is 13.4. The molecule has 3 rings (SSSR count). The summed E-state index contributed by atoms with van der Waals surface area (Å²) in [5.41, 5.74) is 3.32. The number of carbonyl (C=O) groups excluding carboxylic acids is 1. The zero-order valence-corrected chi connectivity index (χ0v) is 18.0. The van der Waals surface area contributed by atoms with Crippen molar-refractivity contribution >= 4 is 21.6 Å². The number of rotatable bonds is 7. The van der Waals surface area contributed by atoms with Crippen LogP contribution in [-0.2, 0) is 19.6 Å². The van der Waals surface area contributed by atoms with E-state index in [0.717, 1.165) is 29.5 Å². The van der Waals surface area contributed by atoms with E-state index in [2.05, 4.69) is 5.32 Å². The summed E-state index contributed by atoms with van der Waals surface area (Å²) < 4.78 is 33.5. The Morgan fingerprint density at radius 3 is 2.31 bits per heavy atom. The molecule has 29 heavy (non-hydrogen) atoms. The van der Waals surface area contributed by atoms with Gasteiger partial charge in [0.25, 0.3) is 10.0 Å². The van der Waals surface area contributed by atoms with Crippen molar-refractivity contribution in [2.75, 3.05) is 24.0 Å². The number of sulfonamides is 1. The Morgan fingerprint density at radius 1 is 1.07 bits per heavy atom. The minimum Gasteiger partial charge on any atom is -0.376 e. The largest absolute Gasteiger partial charge is 0.376 e. The van der Waals surface area contributed by atoms with Gasteiger partial charge in [0.2, 0.25) is 5.91 Å². The molecule has 0 bridgehead atoms. The van der Waals surface area contributed by atoms with E-state index >= 15 is 0 Å². The highest BCUT2D eigenvalue weighted by atomic mass is 32.2. The second kappa shape index (κ2) is 8.97. The standard InChI is InChI=1S/C22H28N2O4S/c1-16-6-8-21(9-7-16)29(26,27)24(19-12-17(2)11-18(3)13-19)15-22(25)23-14-20-5-4-10-28-20/h6-9,11-13,20H,4-5,10,14-15H2,1-3H3,(H,23,25)/t20-/m0/s1. The second-order valence-electron chi connectivity index (χ2n) is 7.61. The summed E-state index contributed by atoms with van der Waals surface area (Å²) in [7, 11) is -3.90. The van der Waals surface area contributed by atoms with Gasteiger partial charge in [0.05, 0.1) is 16.7 Å². The van der Waals surface area contributed by atoms with Crippen LogP contribution in [0.1, 0.15) is 29.5 Å². The molecule has 0 spiro atoms. The molecule has 1 N–H and O–H groups in total. The van der Waals surface area contributed by atoms with E-state index in [9.17, 15) is 13.2 Å². The van der Waals surface area contributed by atoms with Gasteiger partial charge in [-0.05, 0) is 69.0 Å². The Bertz CT molecular complexity index is 945. The molecule has 7 heteroatoms. The lowest BCUT2D eigenvalue weighted by atomic mass is 10.1. The number of ether oxygens (including phenoxy) is 1. The average molecular weight is 417 g/mol. The first-order valence-corrected chi connectivity index (χ1v) is 11.3. The lowest BCUT2D eigenvalue weighted by Gasteiger charge is -2.25. The van der Waals surface area contributed by atoms with E-state index in [0.29, 0.717) is 18.8 Å². The van der Waals surface area contributed by atoms with Gasteiger partial charge in [0.1, 0.15) is 6.54 Å². The fraction of sp³-hybridized carbons (Fsp3) is 0.409. The number of anilines is 1. The smallest absolute Gasteiger partial charge is 0.264 e. The topological polar surface area (TPSA) is 75.7 Å². The van der Waals surface area contributed by atoms with E-state index < -0.39 is 10.0 Å². The summed E-state index contributed by atoms with van der Waals surface area (Å²) in [4.78, 5) is 12.8. The Hall–Kier alpha value is -2.38. The number of carbonyl (C=O) groups is 1. The fourth-order valence-electron chi connectivity index (χ4n) is 3.47. The molecule has 1 fully saturated rings. The monoisotopic (exact) mass is 416 g/mol. The molecule has 0 saturated carbocycles. The predicted octanol–water partition coefficient (Wildman–Crippen LogP) is 3.10. The lowest BCUT2D eigenvalue weighted by Crippen LogP contribution is -2.42. The number of hydrogen-bond acceptors (Lipinski definition) is 4. The third-order valence-corrected chi connectivity index (χ3v) is 6.73. The van der Waals surface area contributed by atoms with Crippen LogP contribution in [0.15, 0.2) is 47.4 Å². The zero-order chi connectivity index (χ0) is 21.0. The number of nitrogens with zero attached hydrogens (tertiary/aromatic N) is 1. The van der Waals surface area contributed by atoms with Gasteiger partial charge in [0, 0.05) is 13.2 Å². The summed E-state index contributed by atoms with van der Waals surface area (Å²) in [5, 5.41) is 2.82. The lowest BCUT2D eigenvalue weighted by molar-refractivity contribution is -0.120. The first-order chi connectivity index (χ1) is 13.8. The molecular weight excluding hydrogens is 388 g/mol. The van der Waals surface area contributed by atoms with E-state index in [4.69, 9.17) is 4.74 Å². The van der Waals surface area contributed by atoms with Gasteiger partial charge in [-0.2, -0.15) is 0 Å². The van der Waals surface area contributed by atoms with Crippen LogP contribution in [0.4, 0.5) is 5.69 Å². The van der Waals surface area contributed by atoms with Crippen molar-refractivity contribution < 1.29 is 17.9 Å². The van der Waals surface area contributed by atoms with Crippen LogP contribution in [-0.4, -0.2) is 40.1 Å². The van der Waals surface area contributed by atoms with Gasteiger partial charge >= 0.3 is 0 Å². The molecule has 2 aromatic rings. The van der Waals surface area contributed by atoms with Gasteiger partial charge in [-0.3, -0.25) is 9.10 Å². The highest BCUT2D eigenvalue weighted by molar-refractivity contribution is 7.92. The van der Waals surface area contributed by atoms with Crippen molar-refractivity contribution in [2.24, 2.45) is 0 Å². The minimum atomic E-state index is -3.90. The van der Waals surface area contributed by atoms with E-state index in [1.54, 1.807) is 36.4 Å². The molecule has 1 atom stereocenters. The Balaban J connectivity index is 1.88. The molecular formula is C22H28N2O4S. The number of benzene rings is 2. The van der Waals surface area contributed by atoms with Gasteiger partial charge in [-0.25, -0.2) is 8.42 Å². The molecule has 1 aliphatic rings. The van der Waals surface area contributed by atoms with Crippen LogP contribution in [0, 0.1) is 20.8 Å². The highest BCUT2D eigenvalue weighted by Gasteiger charge is 2.28. The van der Waals surface area contributed by atoms with E-state index in [1.165, 1.54) is 4.31 Å².